The Labute approximate surface area is 113 Å². The first-order chi connectivity index (χ1) is 9.08. The molecule has 4 heteroatoms. The third-order valence-electron chi connectivity index (χ3n) is 3.79. The Balaban J connectivity index is 2.01. The first-order valence-corrected chi connectivity index (χ1v) is 6.82. The van der Waals surface area contributed by atoms with E-state index in [1.165, 1.54) is 31.4 Å². The van der Waals surface area contributed by atoms with Gasteiger partial charge < -0.3 is 10.0 Å². The maximum absolute atomic E-state index is 12.9. The van der Waals surface area contributed by atoms with Crippen molar-refractivity contribution in [1.82, 2.24) is 4.90 Å². The molecule has 3 nitrogen and oxygen atoms in total. The minimum atomic E-state index is -0.538. The van der Waals surface area contributed by atoms with Gasteiger partial charge in [0.05, 0.1) is 5.56 Å². The van der Waals surface area contributed by atoms with Crippen molar-refractivity contribution >= 4 is 5.91 Å². The molecule has 1 aromatic carbocycles. The van der Waals surface area contributed by atoms with Crippen molar-refractivity contribution in [2.24, 2.45) is 5.92 Å². The number of hydrogen-bond acceptors (Lipinski definition) is 2. The van der Waals surface area contributed by atoms with Gasteiger partial charge in [0.15, 0.2) is 0 Å². The predicted molar refractivity (Wildman–Crippen MR) is 71.6 cm³/mol. The summed E-state index contributed by atoms with van der Waals surface area (Å²) < 4.78 is 12.9. The molecular formula is C15H20FNO2. The molecule has 19 heavy (non-hydrogen) atoms. The van der Waals surface area contributed by atoms with Crippen LogP contribution in [0.4, 0.5) is 4.39 Å². The normalized spacial score (nSPS) is 16.3. The van der Waals surface area contributed by atoms with Crippen molar-refractivity contribution in [3.05, 3.63) is 29.6 Å². The number of phenols is 1. The van der Waals surface area contributed by atoms with E-state index in [0.717, 1.165) is 18.9 Å². The van der Waals surface area contributed by atoms with Crippen molar-refractivity contribution in [3.8, 4) is 5.75 Å². The summed E-state index contributed by atoms with van der Waals surface area (Å²) in [5, 5.41) is 9.63. The average Bonchev–Trinajstić information content (AvgIpc) is 2.39. The fourth-order valence-electron chi connectivity index (χ4n) is 2.73. The summed E-state index contributed by atoms with van der Waals surface area (Å²) in [6, 6.07) is 3.51. The number of hydrogen-bond donors (Lipinski definition) is 1. The molecule has 0 aliphatic heterocycles. The standard InChI is InChI=1S/C15H20FNO2/c1-17(10-11-5-3-2-4-6-11)15(19)13-8-7-12(16)9-14(13)18/h7-9,11,18H,2-6,10H2,1H3. The third-order valence-corrected chi connectivity index (χ3v) is 3.79. The van der Waals surface area contributed by atoms with Crippen LogP contribution in [0.1, 0.15) is 42.5 Å². The molecule has 0 atom stereocenters. The molecule has 0 spiro atoms. The Morgan fingerprint density at radius 2 is 2.05 bits per heavy atom. The van der Waals surface area contributed by atoms with Gasteiger partial charge in [0.1, 0.15) is 11.6 Å². The first-order valence-electron chi connectivity index (χ1n) is 6.82. The van der Waals surface area contributed by atoms with Crippen LogP contribution in [0.25, 0.3) is 0 Å². The third kappa shape index (κ3) is 3.46. The lowest BCUT2D eigenvalue weighted by atomic mass is 9.89. The van der Waals surface area contributed by atoms with Gasteiger partial charge in [0.25, 0.3) is 5.91 Å². The van der Waals surface area contributed by atoms with Crippen LogP contribution in [0, 0.1) is 11.7 Å². The van der Waals surface area contributed by atoms with E-state index in [-0.39, 0.29) is 17.2 Å². The minimum Gasteiger partial charge on any atom is -0.507 e. The van der Waals surface area contributed by atoms with Crippen molar-refractivity contribution < 1.29 is 14.3 Å². The summed E-state index contributed by atoms with van der Waals surface area (Å²) in [6.07, 6.45) is 6.07. The monoisotopic (exact) mass is 265 g/mol. The Morgan fingerprint density at radius 1 is 1.37 bits per heavy atom. The Hall–Kier alpha value is -1.58. The van der Waals surface area contributed by atoms with Crippen molar-refractivity contribution in [2.45, 2.75) is 32.1 Å². The van der Waals surface area contributed by atoms with Crippen LogP contribution >= 0.6 is 0 Å². The Bertz CT molecular complexity index is 455. The number of nitrogens with zero attached hydrogens (tertiary/aromatic N) is 1. The molecule has 104 valence electrons. The molecule has 0 unspecified atom stereocenters. The summed E-state index contributed by atoms with van der Waals surface area (Å²) in [7, 11) is 1.74. The van der Waals surface area contributed by atoms with E-state index in [1.54, 1.807) is 11.9 Å². The quantitative estimate of drug-likeness (QED) is 0.911. The van der Waals surface area contributed by atoms with Gasteiger partial charge in [0, 0.05) is 19.7 Å². The molecule has 1 aliphatic carbocycles. The molecule has 0 bridgehead atoms. The number of carbonyl (C=O) groups is 1. The van der Waals surface area contributed by atoms with Crippen molar-refractivity contribution in [3.63, 3.8) is 0 Å². The maximum atomic E-state index is 12.9. The number of amides is 1. The molecule has 0 aromatic heterocycles. The van der Waals surface area contributed by atoms with Gasteiger partial charge in [-0.2, -0.15) is 0 Å². The lowest BCUT2D eigenvalue weighted by molar-refractivity contribution is 0.0757. The second-order valence-electron chi connectivity index (χ2n) is 5.35. The Kier molecular flexibility index (Phi) is 4.40. The Morgan fingerprint density at radius 3 is 2.68 bits per heavy atom. The van der Waals surface area contributed by atoms with Crippen LogP contribution in [0.15, 0.2) is 18.2 Å². The predicted octanol–water partition coefficient (Wildman–Crippen LogP) is 3.18. The van der Waals surface area contributed by atoms with Gasteiger partial charge in [-0.3, -0.25) is 4.79 Å². The second kappa shape index (κ2) is 6.04. The molecular weight excluding hydrogens is 245 g/mol. The fourth-order valence-corrected chi connectivity index (χ4v) is 2.73. The van der Waals surface area contributed by atoms with Gasteiger partial charge >= 0.3 is 0 Å². The molecule has 1 N–H and O–H groups in total. The van der Waals surface area contributed by atoms with Crippen LogP contribution < -0.4 is 0 Å². The van der Waals surface area contributed by atoms with Crippen molar-refractivity contribution in [1.29, 1.82) is 0 Å². The zero-order chi connectivity index (χ0) is 13.8. The number of phenolic OH excluding ortho intramolecular Hbond substituents is 1. The van der Waals surface area contributed by atoms with Crippen LogP contribution in [-0.4, -0.2) is 29.5 Å². The lowest BCUT2D eigenvalue weighted by Crippen LogP contribution is -2.32. The second-order valence-corrected chi connectivity index (χ2v) is 5.35. The van der Waals surface area contributed by atoms with Gasteiger partial charge in [-0.05, 0) is 30.9 Å². The van der Waals surface area contributed by atoms with E-state index < -0.39 is 5.82 Å². The van der Waals surface area contributed by atoms with E-state index in [2.05, 4.69) is 0 Å². The fraction of sp³-hybridized carbons (Fsp3) is 0.533. The molecule has 2 rings (SSSR count). The summed E-state index contributed by atoms with van der Waals surface area (Å²) >= 11 is 0. The van der Waals surface area contributed by atoms with E-state index in [0.29, 0.717) is 12.5 Å². The van der Waals surface area contributed by atoms with E-state index >= 15 is 0 Å². The smallest absolute Gasteiger partial charge is 0.257 e. The first kappa shape index (κ1) is 13.8. The van der Waals surface area contributed by atoms with E-state index in [4.69, 9.17) is 0 Å². The van der Waals surface area contributed by atoms with Crippen LogP contribution in [0.2, 0.25) is 0 Å². The highest BCUT2D eigenvalue weighted by atomic mass is 19.1. The van der Waals surface area contributed by atoms with Crippen LogP contribution in [0.3, 0.4) is 0 Å². The van der Waals surface area contributed by atoms with Gasteiger partial charge in [-0.25, -0.2) is 4.39 Å². The zero-order valence-corrected chi connectivity index (χ0v) is 11.2. The summed E-state index contributed by atoms with van der Waals surface area (Å²) in [6.45, 7) is 0.704. The summed E-state index contributed by atoms with van der Waals surface area (Å²) in [5.74, 6) is -0.530. The molecule has 0 radical (unpaired) electrons. The maximum Gasteiger partial charge on any atom is 0.257 e. The molecule has 1 aromatic rings. The number of halogens is 1. The summed E-state index contributed by atoms with van der Waals surface area (Å²) in [4.78, 5) is 13.8. The SMILES string of the molecule is CN(CC1CCCCC1)C(=O)c1ccc(F)cc1O. The zero-order valence-electron chi connectivity index (χ0n) is 11.2. The lowest BCUT2D eigenvalue weighted by Gasteiger charge is -2.27. The molecule has 0 heterocycles. The van der Waals surface area contributed by atoms with Gasteiger partial charge in [-0.15, -0.1) is 0 Å². The molecule has 1 saturated carbocycles. The molecule has 1 fully saturated rings. The van der Waals surface area contributed by atoms with Crippen molar-refractivity contribution in [2.75, 3.05) is 13.6 Å². The highest BCUT2D eigenvalue weighted by Crippen LogP contribution is 2.25. The van der Waals surface area contributed by atoms with Crippen LogP contribution in [0.5, 0.6) is 5.75 Å². The van der Waals surface area contributed by atoms with Crippen LogP contribution in [-0.2, 0) is 0 Å². The highest BCUT2D eigenvalue weighted by Gasteiger charge is 2.21. The topological polar surface area (TPSA) is 40.5 Å². The number of rotatable bonds is 3. The van der Waals surface area contributed by atoms with Gasteiger partial charge in [0.2, 0.25) is 0 Å². The van der Waals surface area contributed by atoms with E-state index in [9.17, 15) is 14.3 Å². The average molecular weight is 265 g/mol. The summed E-state index contributed by atoms with van der Waals surface area (Å²) in [5.41, 5.74) is 0.166. The van der Waals surface area contributed by atoms with E-state index in [1.807, 2.05) is 0 Å². The number of carbonyl (C=O) groups excluding carboxylic acids is 1. The minimum absolute atomic E-state index is 0.166. The number of aromatic hydroxyl groups is 1. The largest absolute Gasteiger partial charge is 0.507 e. The molecule has 1 aliphatic rings. The highest BCUT2D eigenvalue weighted by molar-refractivity contribution is 5.96. The van der Waals surface area contributed by atoms with Gasteiger partial charge in [-0.1, -0.05) is 19.3 Å². The molecule has 0 saturated heterocycles. The number of benzene rings is 1. The molecule has 1 amide bonds.